The molecule has 4 N–H and O–H groups in total. The van der Waals surface area contributed by atoms with Crippen molar-refractivity contribution in [3.05, 3.63) is 59.0 Å². The van der Waals surface area contributed by atoms with Crippen molar-refractivity contribution in [3.8, 4) is 23.0 Å². The number of ether oxygens (including phenoxy) is 4. The molecule has 0 bridgehead atoms. The molecule has 0 aliphatic carbocycles. The fraction of sp³-hybridized carbons (Fsp3) is 0.346. The van der Waals surface area contributed by atoms with Gasteiger partial charge >= 0.3 is 11.6 Å². The molecule has 188 valence electrons. The van der Waals surface area contributed by atoms with Gasteiger partial charge in [-0.1, -0.05) is 11.1 Å². The van der Waals surface area contributed by atoms with Crippen molar-refractivity contribution in [2.24, 2.45) is 0 Å². The molecule has 2 aromatic carbocycles. The Labute approximate surface area is 209 Å². The number of fused-ring (bicyclic) bond motifs is 2. The summed E-state index contributed by atoms with van der Waals surface area (Å²) in [5.74, 6) is 3.41. The highest BCUT2D eigenvalue weighted by molar-refractivity contribution is 5.73. The average molecular weight is 492 g/mol. The van der Waals surface area contributed by atoms with Crippen LogP contribution in [0.1, 0.15) is 28.4 Å². The summed E-state index contributed by atoms with van der Waals surface area (Å²) in [6.45, 7) is 1.48. The summed E-state index contributed by atoms with van der Waals surface area (Å²) in [4.78, 5) is 16.1. The van der Waals surface area contributed by atoms with Crippen LogP contribution in [0.4, 0.5) is 5.95 Å². The molecule has 4 aromatic rings. The lowest BCUT2D eigenvalue weighted by atomic mass is 9.91. The van der Waals surface area contributed by atoms with Crippen LogP contribution in [0.2, 0.25) is 0 Å². The first-order valence-corrected chi connectivity index (χ1v) is 11.8. The molecule has 0 fully saturated rings. The van der Waals surface area contributed by atoms with Crippen molar-refractivity contribution in [3.63, 3.8) is 0 Å². The summed E-state index contributed by atoms with van der Waals surface area (Å²) in [5, 5.41) is 7.01. The Morgan fingerprint density at radius 3 is 2.47 bits per heavy atom. The number of H-pyrrole nitrogens is 2. The minimum Gasteiger partial charge on any atom is -0.493 e. The van der Waals surface area contributed by atoms with E-state index >= 15 is 0 Å². The first-order chi connectivity index (χ1) is 17.6. The van der Waals surface area contributed by atoms with Crippen LogP contribution in [-0.4, -0.2) is 56.5 Å². The monoisotopic (exact) mass is 491 g/mol. The summed E-state index contributed by atoms with van der Waals surface area (Å²) >= 11 is 0. The van der Waals surface area contributed by atoms with Gasteiger partial charge < -0.3 is 29.6 Å². The fourth-order valence-electron chi connectivity index (χ4n) is 4.67. The smallest absolute Gasteiger partial charge is 0.305 e. The molecule has 1 unspecified atom stereocenters. The summed E-state index contributed by atoms with van der Waals surface area (Å²) < 4.78 is 21.9. The summed E-state index contributed by atoms with van der Waals surface area (Å²) in [6, 6.07) is 9.90. The van der Waals surface area contributed by atoms with Gasteiger partial charge in [0.25, 0.3) is 0 Å². The third-order valence-electron chi connectivity index (χ3n) is 6.48. The third kappa shape index (κ3) is 4.47. The molecule has 1 aliphatic rings. The van der Waals surface area contributed by atoms with E-state index < -0.39 is 0 Å². The SMILES string of the molecule is COc1ccc(CCNc2nc(C3NCCc4cc(OC)c(OC)cc43)c3[nH]c[nH+]c3n2)cc1OC. The van der Waals surface area contributed by atoms with E-state index in [1.165, 1.54) is 5.56 Å². The summed E-state index contributed by atoms with van der Waals surface area (Å²) in [5.41, 5.74) is 5.91. The number of rotatable bonds is 9. The maximum absolute atomic E-state index is 5.58. The molecule has 0 amide bonds. The number of benzene rings is 2. The molecule has 0 radical (unpaired) electrons. The zero-order chi connectivity index (χ0) is 25.1. The van der Waals surface area contributed by atoms with Crippen LogP contribution >= 0.6 is 0 Å². The molecule has 0 spiro atoms. The van der Waals surface area contributed by atoms with Crippen LogP contribution in [0.5, 0.6) is 23.0 Å². The quantitative estimate of drug-likeness (QED) is 0.327. The average Bonchev–Trinajstić information content (AvgIpc) is 3.40. The number of hydrogen-bond donors (Lipinski definition) is 3. The second-order valence-corrected chi connectivity index (χ2v) is 8.50. The van der Waals surface area contributed by atoms with E-state index in [-0.39, 0.29) is 6.04 Å². The molecule has 36 heavy (non-hydrogen) atoms. The molecule has 0 saturated carbocycles. The number of imidazole rings is 1. The molecule has 5 rings (SSSR count). The minimum atomic E-state index is -0.127. The van der Waals surface area contributed by atoms with Crippen LogP contribution in [0, 0.1) is 0 Å². The Morgan fingerprint density at radius 2 is 1.69 bits per heavy atom. The molecule has 1 aliphatic heterocycles. The van der Waals surface area contributed by atoms with Crippen molar-refractivity contribution in [2.45, 2.75) is 18.9 Å². The van der Waals surface area contributed by atoms with Gasteiger partial charge in [0, 0.05) is 13.1 Å². The Hall–Kier alpha value is -4.05. The molecule has 3 heterocycles. The maximum Gasteiger partial charge on any atom is 0.305 e. The van der Waals surface area contributed by atoms with Crippen LogP contribution in [-0.2, 0) is 12.8 Å². The van der Waals surface area contributed by atoms with E-state index in [0.717, 1.165) is 53.1 Å². The molecule has 10 nitrogen and oxygen atoms in total. The Morgan fingerprint density at radius 1 is 0.944 bits per heavy atom. The normalized spacial score (nSPS) is 14.8. The van der Waals surface area contributed by atoms with E-state index in [9.17, 15) is 0 Å². The summed E-state index contributed by atoms with van der Waals surface area (Å²) in [7, 11) is 6.58. The lowest BCUT2D eigenvalue weighted by molar-refractivity contribution is -0.347. The van der Waals surface area contributed by atoms with Crippen LogP contribution < -0.4 is 34.6 Å². The second-order valence-electron chi connectivity index (χ2n) is 8.50. The first-order valence-electron chi connectivity index (χ1n) is 11.8. The zero-order valence-corrected chi connectivity index (χ0v) is 20.9. The molecular weight excluding hydrogens is 460 g/mol. The summed E-state index contributed by atoms with van der Waals surface area (Å²) in [6.07, 6.45) is 3.44. The Bertz CT molecular complexity index is 1370. The van der Waals surface area contributed by atoms with Gasteiger partial charge in [0.1, 0.15) is 5.69 Å². The fourth-order valence-corrected chi connectivity index (χ4v) is 4.67. The van der Waals surface area contributed by atoms with E-state index in [0.29, 0.717) is 29.7 Å². The highest BCUT2D eigenvalue weighted by atomic mass is 16.5. The topological polar surface area (TPSA) is 117 Å². The van der Waals surface area contributed by atoms with E-state index in [2.05, 4.69) is 31.7 Å². The van der Waals surface area contributed by atoms with E-state index in [1.54, 1.807) is 34.8 Å². The van der Waals surface area contributed by atoms with Crippen molar-refractivity contribution in [1.82, 2.24) is 20.3 Å². The number of aromatic amines is 2. The number of methoxy groups -OCH3 is 4. The Kier molecular flexibility index (Phi) is 6.77. The second kappa shape index (κ2) is 10.3. The van der Waals surface area contributed by atoms with Crippen LogP contribution in [0.25, 0.3) is 11.2 Å². The Balaban J connectivity index is 1.42. The lowest BCUT2D eigenvalue weighted by Gasteiger charge is -2.27. The molecule has 1 atom stereocenters. The standard InChI is InChI=1S/C26H30N6O4/c1-33-18-6-5-15(11-19(18)34-2)7-9-28-26-31-23(24-25(32-26)30-14-29-24)22-17-13-21(36-4)20(35-3)12-16(17)8-10-27-22/h5-6,11-14,22,27H,7-10H2,1-4H3,(H2,28,29,30,31,32)/p+1. The number of nitrogens with zero attached hydrogens (tertiary/aromatic N) is 2. The predicted molar refractivity (Wildman–Crippen MR) is 135 cm³/mol. The number of anilines is 1. The van der Waals surface area contributed by atoms with Crippen molar-refractivity contribution < 1.29 is 23.9 Å². The lowest BCUT2D eigenvalue weighted by Crippen LogP contribution is -2.32. The van der Waals surface area contributed by atoms with Gasteiger partial charge in [-0.15, -0.1) is 0 Å². The van der Waals surface area contributed by atoms with Gasteiger partial charge in [0.2, 0.25) is 0 Å². The molecular formula is C26H31N6O4+. The predicted octanol–water partition coefficient (Wildman–Crippen LogP) is 2.70. The third-order valence-corrected chi connectivity index (χ3v) is 6.48. The first kappa shape index (κ1) is 23.7. The van der Waals surface area contributed by atoms with Gasteiger partial charge in [-0.05, 0) is 53.8 Å². The molecule has 2 aromatic heterocycles. The van der Waals surface area contributed by atoms with Gasteiger partial charge in [0.15, 0.2) is 34.8 Å². The van der Waals surface area contributed by atoms with Crippen molar-refractivity contribution in [2.75, 3.05) is 46.8 Å². The highest BCUT2D eigenvalue weighted by Crippen LogP contribution is 2.38. The van der Waals surface area contributed by atoms with Gasteiger partial charge in [-0.25, -0.2) is 4.98 Å². The van der Waals surface area contributed by atoms with Gasteiger partial charge in [-0.2, -0.15) is 4.98 Å². The minimum absolute atomic E-state index is 0.127. The number of hydrogen-bond acceptors (Lipinski definition) is 8. The van der Waals surface area contributed by atoms with E-state index in [1.807, 2.05) is 24.3 Å². The maximum atomic E-state index is 5.58. The highest BCUT2D eigenvalue weighted by Gasteiger charge is 2.29. The van der Waals surface area contributed by atoms with E-state index in [4.69, 9.17) is 23.9 Å². The van der Waals surface area contributed by atoms with Crippen molar-refractivity contribution >= 4 is 17.1 Å². The number of aromatic nitrogens is 4. The largest absolute Gasteiger partial charge is 0.493 e. The van der Waals surface area contributed by atoms with Gasteiger partial charge in [-0.3, -0.25) is 4.98 Å². The zero-order valence-electron chi connectivity index (χ0n) is 20.9. The van der Waals surface area contributed by atoms with Crippen LogP contribution in [0.3, 0.4) is 0 Å². The van der Waals surface area contributed by atoms with Crippen molar-refractivity contribution in [1.29, 1.82) is 0 Å². The number of nitrogens with one attached hydrogen (secondary N) is 4. The van der Waals surface area contributed by atoms with Gasteiger partial charge in [0.05, 0.1) is 34.5 Å². The van der Waals surface area contributed by atoms with Crippen LogP contribution in [0.15, 0.2) is 36.7 Å². The molecule has 10 heteroatoms. The molecule has 0 saturated heterocycles.